The van der Waals surface area contributed by atoms with Crippen molar-refractivity contribution >= 4 is 11.9 Å². The van der Waals surface area contributed by atoms with E-state index in [9.17, 15) is 19.8 Å². The number of carbonyl (C=O) groups excluding carboxylic acids is 2. The van der Waals surface area contributed by atoms with Gasteiger partial charge < -0.3 is 20.3 Å². The molecule has 0 saturated carbocycles. The normalized spacial score (nSPS) is 13.3. The number of hydrogen-bond acceptors (Lipinski definition) is 5. The number of rotatable bonds is 53. The summed E-state index contributed by atoms with van der Waals surface area (Å²) in [4.78, 5) is 26.3. The molecule has 6 heteroatoms. The molecule has 0 aromatic rings. The van der Waals surface area contributed by atoms with Gasteiger partial charge in [0.25, 0.3) is 0 Å². The second-order valence-corrected chi connectivity index (χ2v) is 20.1. The number of amides is 1. The Morgan fingerprint density at radius 1 is 0.439 bits per heavy atom. The van der Waals surface area contributed by atoms with Crippen LogP contribution in [0.15, 0.2) is 36.5 Å². The van der Waals surface area contributed by atoms with Gasteiger partial charge in [0.05, 0.1) is 25.2 Å². The third-order valence-electron chi connectivity index (χ3n) is 13.5. The average Bonchev–Trinajstić information content (AvgIpc) is 3.31. The van der Waals surface area contributed by atoms with E-state index in [2.05, 4.69) is 62.5 Å². The van der Waals surface area contributed by atoms with Crippen molar-refractivity contribution < 1.29 is 24.5 Å². The largest absolute Gasteiger partial charge is 0.462 e. The first-order chi connectivity index (χ1) is 32.5. The maximum atomic E-state index is 13.3. The van der Waals surface area contributed by atoms with Crippen molar-refractivity contribution in [3.8, 4) is 0 Å². The predicted octanol–water partition coefficient (Wildman–Crippen LogP) is 18.0. The first-order valence-electron chi connectivity index (χ1n) is 29.2. The van der Waals surface area contributed by atoms with Crippen LogP contribution >= 0.6 is 0 Å². The second kappa shape index (κ2) is 54.0. The Morgan fingerprint density at radius 3 is 1.20 bits per heavy atom. The lowest BCUT2D eigenvalue weighted by Crippen LogP contribution is -2.46. The van der Waals surface area contributed by atoms with Gasteiger partial charge in [-0.3, -0.25) is 9.59 Å². The number of carbonyl (C=O) groups is 2. The molecule has 0 aliphatic heterocycles. The SMILES string of the molecule is CCCCCC/C=C\CCCCCCCCCC(=O)OC(CCCCC/C=C/C=C/CCCCCCCCC)CC(=O)NC(CO)C(O)CCCCCCCCCCCCCCCCCC. The van der Waals surface area contributed by atoms with Crippen molar-refractivity contribution in [2.24, 2.45) is 0 Å². The number of unbranched alkanes of at least 4 members (excludes halogenated alkanes) is 36. The molecule has 0 radical (unpaired) electrons. The van der Waals surface area contributed by atoms with Gasteiger partial charge in [-0.05, 0) is 77.0 Å². The molecule has 1 amide bonds. The summed E-state index contributed by atoms with van der Waals surface area (Å²) in [6.45, 7) is 6.49. The van der Waals surface area contributed by atoms with Gasteiger partial charge in [0.2, 0.25) is 5.91 Å². The minimum atomic E-state index is -0.795. The lowest BCUT2D eigenvalue weighted by molar-refractivity contribution is -0.151. The number of aliphatic hydroxyl groups excluding tert-OH is 2. The molecule has 3 atom stereocenters. The van der Waals surface area contributed by atoms with E-state index in [1.807, 2.05) is 0 Å². The zero-order chi connectivity index (χ0) is 48.1. The second-order valence-electron chi connectivity index (χ2n) is 20.1. The molecule has 0 fully saturated rings. The summed E-state index contributed by atoms with van der Waals surface area (Å²) in [6.07, 6.45) is 64.9. The van der Waals surface area contributed by atoms with E-state index in [0.29, 0.717) is 19.3 Å². The first-order valence-corrected chi connectivity index (χ1v) is 29.2. The third-order valence-corrected chi connectivity index (χ3v) is 13.5. The van der Waals surface area contributed by atoms with Crippen LogP contribution in [-0.4, -0.2) is 46.9 Å². The highest BCUT2D eigenvalue weighted by atomic mass is 16.5. The summed E-state index contributed by atoms with van der Waals surface area (Å²) in [5, 5.41) is 23.9. The van der Waals surface area contributed by atoms with Gasteiger partial charge in [0.15, 0.2) is 0 Å². The number of ether oxygens (including phenoxy) is 1. The van der Waals surface area contributed by atoms with Gasteiger partial charge in [0.1, 0.15) is 6.10 Å². The van der Waals surface area contributed by atoms with Crippen molar-refractivity contribution in [3.63, 3.8) is 0 Å². The molecule has 0 spiro atoms. The molecule has 0 aromatic carbocycles. The molecule has 0 aliphatic carbocycles. The summed E-state index contributed by atoms with van der Waals surface area (Å²) < 4.78 is 5.95. The molecule has 0 rings (SSSR count). The van der Waals surface area contributed by atoms with Gasteiger partial charge in [-0.15, -0.1) is 0 Å². The molecule has 3 N–H and O–H groups in total. The maximum absolute atomic E-state index is 13.3. The maximum Gasteiger partial charge on any atom is 0.306 e. The summed E-state index contributed by atoms with van der Waals surface area (Å²) in [6, 6.07) is -0.710. The van der Waals surface area contributed by atoms with E-state index in [1.165, 1.54) is 193 Å². The van der Waals surface area contributed by atoms with Crippen LogP contribution in [0.2, 0.25) is 0 Å². The number of esters is 1. The molecule has 66 heavy (non-hydrogen) atoms. The third kappa shape index (κ3) is 48.5. The quantitative estimate of drug-likeness (QED) is 0.0244. The van der Waals surface area contributed by atoms with Crippen LogP contribution in [0.4, 0.5) is 0 Å². The molecule has 0 aliphatic rings. The van der Waals surface area contributed by atoms with E-state index in [1.54, 1.807) is 0 Å². The fourth-order valence-electron chi connectivity index (χ4n) is 9.01. The average molecular weight is 929 g/mol. The summed E-state index contributed by atoms with van der Waals surface area (Å²) in [5.41, 5.74) is 0. The highest BCUT2D eigenvalue weighted by molar-refractivity contribution is 5.77. The van der Waals surface area contributed by atoms with Crippen LogP contribution in [0.5, 0.6) is 0 Å². The molecule has 0 aromatic heterocycles. The molecule has 0 bridgehead atoms. The molecular weight excluding hydrogens is 815 g/mol. The van der Waals surface area contributed by atoms with Gasteiger partial charge in [-0.25, -0.2) is 0 Å². The topological polar surface area (TPSA) is 95.9 Å². The van der Waals surface area contributed by atoms with Crippen molar-refractivity contribution in [2.45, 2.75) is 328 Å². The standard InChI is InChI=1S/C60H113NO5/c1-4-7-10-13-16-19-22-25-28-31-33-36-39-42-45-48-51-56(66-60(65)53-50-47-44-41-38-35-30-27-24-21-18-15-12-9-6-3)54-59(64)61-57(55-62)58(63)52-49-46-43-40-37-34-32-29-26-23-20-17-14-11-8-5-2/h21,24,28,31,33,36,56-58,62-63H,4-20,22-23,25-27,29-30,32,34-35,37-55H2,1-3H3,(H,61,64)/b24-21-,31-28+,36-33+. The zero-order valence-corrected chi connectivity index (χ0v) is 44.3. The fraction of sp³-hybridized carbons (Fsp3) is 0.867. The van der Waals surface area contributed by atoms with Crippen molar-refractivity contribution in [1.82, 2.24) is 5.32 Å². The van der Waals surface area contributed by atoms with Crippen LogP contribution in [0.1, 0.15) is 310 Å². The Balaban J connectivity index is 4.58. The molecule has 0 heterocycles. The van der Waals surface area contributed by atoms with E-state index >= 15 is 0 Å². The highest BCUT2D eigenvalue weighted by Gasteiger charge is 2.24. The van der Waals surface area contributed by atoms with E-state index < -0.39 is 18.2 Å². The van der Waals surface area contributed by atoms with Crippen LogP contribution in [0.25, 0.3) is 0 Å². The number of aliphatic hydroxyl groups is 2. The highest BCUT2D eigenvalue weighted by Crippen LogP contribution is 2.18. The van der Waals surface area contributed by atoms with Crippen molar-refractivity contribution in [1.29, 1.82) is 0 Å². The van der Waals surface area contributed by atoms with E-state index in [4.69, 9.17) is 4.74 Å². The monoisotopic (exact) mass is 928 g/mol. The number of hydrogen-bond donors (Lipinski definition) is 3. The minimum absolute atomic E-state index is 0.0610. The van der Waals surface area contributed by atoms with E-state index in [-0.39, 0.29) is 24.9 Å². The van der Waals surface area contributed by atoms with Gasteiger partial charge in [0, 0.05) is 6.42 Å². The van der Waals surface area contributed by atoms with Gasteiger partial charge >= 0.3 is 5.97 Å². The van der Waals surface area contributed by atoms with Gasteiger partial charge in [-0.1, -0.05) is 256 Å². The van der Waals surface area contributed by atoms with Crippen LogP contribution < -0.4 is 5.32 Å². The Kier molecular flexibility index (Phi) is 52.5. The zero-order valence-electron chi connectivity index (χ0n) is 44.3. The fourth-order valence-corrected chi connectivity index (χ4v) is 9.01. The Hall–Kier alpha value is -1.92. The number of allylic oxidation sites excluding steroid dienone is 6. The Bertz CT molecular complexity index is 1090. The van der Waals surface area contributed by atoms with Crippen molar-refractivity contribution in [2.75, 3.05) is 6.61 Å². The Morgan fingerprint density at radius 2 is 0.773 bits per heavy atom. The lowest BCUT2D eigenvalue weighted by Gasteiger charge is -2.24. The van der Waals surface area contributed by atoms with Crippen LogP contribution in [-0.2, 0) is 14.3 Å². The minimum Gasteiger partial charge on any atom is -0.462 e. The van der Waals surface area contributed by atoms with Crippen LogP contribution in [0, 0.1) is 0 Å². The number of nitrogens with one attached hydrogen (secondary N) is 1. The lowest BCUT2D eigenvalue weighted by atomic mass is 10.0. The molecule has 3 unspecified atom stereocenters. The summed E-state index contributed by atoms with van der Waals surface area (Å²) in [7, 11) is 0. The van der Waals surface area contributed by atoms with E-state index in [0.717, 1.165) is 70.6 Å². The molecule has 6 nitrogen and oxygen atoms in total. The van der Waals surface area contributed by atoms with Crippen LogP contribution in [0.3, 0.4) is 0 Å². The van der Waals surface area contributed by atoms with Crippen molar-refractivity contribution in [3.05, 3.63) is 36.5 Å². The molecule has 0 saturated heterocycles. The molecule has 388 valence electrons. The molecular formula is C60H113NO5. The summed E-state index contributed by atoms with van der Waals surface area (Å²) >= 11 is 0. The smallest absolute Gasteiger partial charge is 0.306 e. The summed E-state index contributed by atoms with van der Waals surface area (Å²) in [5.74, 6) is -0.491. The van der Waals surface area contributed by atoms with Gasteiger partial charge in [-0.2, -0.15) is 0 Å². The predicted molar refractivity (Wildman–Crippen MR) is 287 cm³/mol. The Labute approximate surface area is 411 Å². The first kappa shape index (κ1) is 64.1.